The Morgan fingerprint density at radius 3 is 2.33 bits per heavy atom. The molecule has 0 radical (unpaired) electrons. The van der Waals surface area contributed by atoms with Crippen LogP contribution in [0.25, 0.3) is 27.5 Å². The zero-order valence-electron chi connectivity index (χ0n) is 32.4. The lowest BCUT2D eigenvalue weighted by Crippen LogP contribution is -2.63. The van der Waals surface area contributed by atoms with Gasteiger partial charge >= 0.3 is 24.0 Å². The van der Waals surface area contributed by atoms with E-state index in [1.54, 1.807) is 29.8 Å². The van der Waals surface area contributed by atoms with Gasteiger partial charge < -0.3 is 24.3 Å². The summed E-state index contributed by atoms with van der Waals surface area (Å²) in [4.78, 5) is 67.5. The highest BCUT2D eigenvalue weighted by atomic mass is 19.4. The van der Waals surface area contributed by atoms with E-state index >= 15 is 4.39 Å². The number of aryl methyl sites for hydroxylation is 3. The molecule has 0 unspecified atom stereocenters. The largest absolute Gasteiger partial charge is 0.462 e. The number of nitrogens with one attached hydrogen (secondary N) is 1. The molecule has 7 rings (SSSR count). The van der Waals surface area contributed by atoms with Crippen molar-refractivity contribution in [3.63, 3.8) is 0 Å². The van der Waals surface area contributed by atoms with Gasteiger partial charge in [0, 0.05) is 49.3 Å². The van der Waals surface area contributed by atoms with Crippen molar-refractivity contribution in [1.82, 2.24) is 34.0 Å². The van der Waals surface area contributed by atoms with E-state index in [1.807, 2.05) is 0 Å². The van der Waals surface area contributed by atoms with Crippen molar-refractivity contribution in [1.29, 1.82) is 0 Å². The van der Waals surface area contributed by atoms with E-state index in [9.17, 15) is 45.5 Å². The fourth-order valence-electron chi connectivity index (χ4n) is 7.41. The van der Waals surface area contributed by atoms with Crippen molar-refractivity contribution >= 4 is 39.4 Å². The third-order valence-corrected chi connectivity index (χ3v) is 10.4. The van der Waals surface area contributed by atoms with Crippen LogP contribution in [0.4, 0.5) is 36.4 Å². The average molecular weight is 857 g/mol. The van der Waals surface area contributed by atoms with Gasteiger partial charge in [-0.25, -0.2) is 23.5 Å². The number of rotatable bonds is 10. The number of hydrogen-bond donors (Lipinski definition) is 1. The Morgan fingerprint density at radius 2 is 1.67 bits per heavy atom. The molecule has 320 valence electrons. The number of fused-ring (bicyclic) bond motifs is 2. The highest BCUT2D eigenvalue weighted by Gasteiger charge is 2.55. The van der Waals surface area contributed by atoms with Gasteiger partial charge in [-0.2, -0.15) is 26.3 Å². The molecule has 1 fully saturated rings. The number of benzene rings is 2. The number of imidazole rings is 1. The molecule has 3 atom stereocenters. The van der Waals surface area contributed by atoms with Gasteiger partial charge in [-0.1, -0.05) is 12.1 Å². The van der Waals surface area contributed by atoms with E-state index in [2.05, 4.69) is 25.0 Å². The van der Waals surface area contributed by atoms with Crippen molar-refractivity contribution < 1.29 is 49.8 Å². The number of alkyl halides is 6. The summed E-state index contributed by atoms with van der Waals surface area (Å²) in [6.45, 7) is 0.515. The van der Waals surface area contributed by atoms with Gasteiger partial charge in [0.1, 0.15) is 36.4 Å². The number of carbonyl (C=O) groups excluding carboxylic acids is 2. The maximum atomic E-state index is 16.0. The van der Waals surface area contributed by atoms with E-state index in [-0.39, 0.29) is 46.6 Å². The topological polar surface area (TPSA) is 155 Å². The summed E-state index contributed by atoms with van der Waals surface area (Å²) in [6.07, 6.45) is -3.35. The second-order valence-corrected chi connectivity index (χ2v) is 14.3. The predicted molar refractivity (Wildman–Crippen MR) is 205 cm³/mol. The third-order valence-electron chi connectivity index (χ3n) is 10.4. The quantitative estimate of drug-likeness (QED) is 0.149. The molecule has 1 amide bonds. The Bertz CT molecular complexity index is 2740. The van der Waals surface area contributed by atoms with Crippen LogP contribution in [0.15, 0.2) is 83.0 Å². The summed E-state index contributed by atoms with van der Waals surface area (Å²) in [7, 11) is 1.47. The molecule has 14 nitrogen and oxygen atoms in total. The zero-order chi connectivity index (χ0) is 44.0. The van der Waals surface area contributed by atoms with E-state index in [0.29, 0.717) is 28.4 Å². The van der Waals surface area contributed by atoms with Gasteiger partial charge in [0.2, 0.25) is 0 Å². The first-order valence-electron chi connectivity index (χ1n) is 18.5. The molecule has 4 aromatic heterocycles. The molecule has 0 bridgehead atoms. The average Bonchev–Trinajstić information content (AvgIpc) is 3.62. The summed E-state index contributed by atoms with van der Waals surface area (Å²) < 4.78 is 114. The van der Waals surface area contributed by atoms with Crippen molar-refractivity contribution in [3.8, 4) is 5.69 Å². The lowest BCUT2D eigenvalue weighted by Gasteiger charge is -2.44. The minimum absolute atomic E-state index is 0.00868. The van der Waals surface area contributed by atoms with Crippen LogP contribution in [-0.2, 0) is 34.3 Å². The van der Waals surface area contributed by atoms with Crippen LogP contribution >= 0.6 is 0 Å². The van der Waals surface area contributed by atoms with Crippen LogP contribution < -0.4 is 21.5 Å². The smallest absolute Gasteiger partial charge is 0.411 e. The SMILES string of the molecule is Cc1cc(N2[C@@H](C(F)(F)F)COC[C@@H]2C(F)(F)F)cc(F)c1C(=O)N[C@@H](Cc1ccc(-n2c(=O)c3ccncc3n(C)c2=O)c2ncccc12)C(=O)OCCn1ccnc1C. The second-order valence-electron chi connectivity index (χ2n) is 14.3. The van der Waals surface area contributed by atoms with Crippen molar-refractivity contribution in [2.75, 3.05) is 24.7 Å². The molecule has 5 heterocycles. The molecule has 0 spiro atoms. The van der Waals surface area contributed by atoms with Crippen LogP contribution in [0.3, 0.4) is 0 Å². The first-order chi connectivity index (χ1) is 28.9. The summed E-state index contributed by atoms with van der Waals surface area (Å²) in [5.74, 6) is -3.05. The van der Waals surface area contributed by atoms with Crippen LogP contribution in [-0.4, -0.2) is 90.8 Å². The van der Waals surface area contributed by atoms with Crippen LogP contribution in [0.2, 0.25) is 0 Å². The number of morpholine rings is 1. The number of nitrogens with zero attached hydrogens (tertiary/aromatic N) is 7. The summed E-state index contributed by atoms with van der Waals surface area (Å²) >= 11 is 0. The lowest BCUT2D eigenvalue weighted by molar-refractivity contribution is -0.206. The zero-order valence-corrected chi connectivity index (χ0v) is 32.4. The molecule has 0 saturated carbocycles. The molecular weight excluding hydrogens is 821 g/mol. The molecule has 1 aliphatic rings. The number of aromatic nitrogens is 6. The van der Waals surface area contributed by atoms with Gasteiger partial charge in [0.15, 0.2) is 0 Å². The summed E-state index contributed by atoms with van der Waals surface area (Å²) in [6, 6.07) is 1.64. The molecule has 2 aromatic carbocycles. The Morgan fingerprint density at radius 1 is 0.951 bits per heavy atom. The molecule has 21 heteroatoms. The minimum Gasteiger partial charge on any atom is -0.462 e. The number of hydrogen-bond acceptors (Lipinski definition) is 10. The van der Waals surface area contributed by atoms with E-state index < -0.39 is 83.9 Å². The molecular formula is C40H35F7N8O6. The van der Waals surface area contributed by atoms with Gasteiger partial charge in [0.05, 0.1) is 53.6 Å². The van der Waals surface area contributed by atoms with Crippen molar-refractivity contribution in [2.45, 2.75) is 57.3 Å². The number of ether oxygens (including phenoxy) is 2. The van der Waals surface area contributed by atoms with E-state index in [1.165, 1.54) is 54.6 Å². The van der Waals surface area contributed by atoms with Gasteiger partial charge in [-0.15, -0.1) is 0 Å². The van der Waals surface area contributed by atoms with E-state index in [4.69, 9.17) is 4.74 Å². The highest BCUT2D eigenvalue weighted by Crippen LogP contribution is 2.40. The van der Waals surface area contributed by atoms with Crippen LogP contribution in [0.5, 0.6) is 0 Å². The normalized spacial score (nSPS) is 16.5. The van der Waals surface area contributed by atoms with E-state index in [0.717, 1.165) is 17.6 Å². The number of anilines is 1. The number of halogens is 7. The monoisotopic (exact) mass is 856 g/mol. The van der Waals surface area contributed by atoms with Crippen LogP contribution in [0, 0.1) is 19.7 Å². The molecule has 1 N–H and O–H groups in total. The molecule has 6 aromatic rings. The minimum atomic E-state index is -5.20. The second kappa shape index (κ2) is 16.4. The maximum absolute atomic E-state index is 16.0. The Hall–Kier alpha value is -6.64. The van der Waals surface area contributed by atoms with Crippen LogP contribution in [0.1, 0.15) is 27.3 Å². The first-order valence-corrected chi connectivity index (χ1v) is 18.5. The lowest BCUT2D eigenvalue weighted by atomic mass is 9.98. The van der Waals surface area contributed by atoms with Crippen molar-refractivity contribution in [2.24, 2.45) is 7.05 Å². The fourth-order valence-corrected chi connectivity index (χ4v) is 7.41. The third kappa shape index (κ3) is 8.28. The van der Waals surface area contributed by atoms with Gasteiger partial charge in [-0.3, -0.25) is 24.1 Å². The summed E-state index contributed by atoms with van der Waals surface area (Å²) in [5, 5.41) is 2.98. The Labute approximate surface area is 340 Å². The predicted octanol–water partition coefficient (Wildman–Crippen LogP) is 4.87. The maximum Gasteiger partial charge on any atom is 0.411 e. The number of carbonyl (C=O) groups is 2. The van der Waals surface area contributed by atoms with Gasteiger partial charge in [-0.05, 0) is 55.3 Å². The Balaban J connectivity index is 1.25. The Kier molecular flexibility index (Phi) is 11.4. The molecule has 1 aliphatic heterocycles. The first kappa shape index (κ1) is 42.5. The number of pyridine rings is 2. The molecule has 1 saturated heterocycles. The van der Waals surface area contributed by atoms with Crippen molar-refractivity contribution in [3.05, 3.63) is 123 Å². The molecule has 61 heavy (non-hydrogen) atoms. The standard InChI is InChI=1S/C40H35F7N8O6/c1-21-15-24(54-31(39(42,43)44)19-60-20-32(54)40(45,46)47)17-27(41)33(21)35(56)51-28(37(58)61-14-13-53-12-11-49-22(53)2)16-23-6-7-29(34-25(23)5-4-9-50-34)55-36(57)26-8-10-48-18-30(26)52(3)38(55)59/h4-12,15,17-18,28,31-32H,13-14,16,19-20H2,1-3H3,(H,51,56)/t28-,31+,32+/m0/s1. The molecule has 0 aliphatic carbocycles. The highest BCUT2D eigenvalue weighted by molar-refractivity contribution is 5.99. The number of amides is 1. The number of esters is 1. The van der Waals surface area contributed by atoms with Gasteiger partial charge in [0.25, 0.3) is 11.5 Å². The fraction of sp³-hybridized carbons (Fsp3) is 0.325. The summed E-state index contributed by atoms with van der Waals surface area (Å²) in [5.41, 5.74) is -2.32.